The van der Waals surface area contributed by atoms with Crippen molar-refractivity contribution in [3.05, 3.63) is 40.7 Å². The smallest absolute Gasteiger partial charge is 0.169 e. The normalized spacial score (nSPS) is 10.0. The molecular weight excluding hydrogens is 295 g/mol. The van der Waals surface area contributed by atoms with Gasteiger partial charge in [0.15, 0.2) is 5.82 Å². The Hall–Kier alpha value is -2.65. The lowest BCUT2D eigenvalue weighted by Crippen LogP contribution is -2.03. The van der Waals surface area contributed by atoms with Crippen LogP contribution in [-0.2, 0) is 0 Å². The number of nitrogens with zero attached hydrogens (tertiary/aromatic N) is 1. The van der Waals surface area contributed by atoms with Gasteiger partial charge in [-0.15, -0.1) is 0 Å². The van der Waals surface area contributed by atoms with E-state index in [1.807, 2.05) is 6.07 Å². The largest absolute Gasteiger partial charge is 0.495 e. The minimum atomic E-state index is -0.749. The number of rotatable bonds is 3. The summed E-state index contributed by atoms with van der Waals surface area (Å²) in [4.78, 5) is 0. The van der Waals surface area contributed by atoms with Crippen molar-refractivity contribution in [2.24, 2.45) is 0 Å². The third kappa shape index (κ3) is 2.78. The fourth-order valence-corrected chi connectivity index (χ4v) is 1.94. The van der Waals surface area contributed by atoms with Crippen LogP contribution in [0.5, 0.6) is 5.75 Å². The first kappa shape index (κ1) is 14.8. The first-order chi connectivity index (χ1) is 9.97. The van der Waals surface area contributed by atoms with Crippen LogP contribution in [0.3, 0.4) is 0 Å². The zero-order valence-electron chi connectivity index (χ0n) is 11.1. The van der Waals surface area contributed by atoms with Crippen LogP contribution in [0.15, 0.2) is 24.3 Å². The standard InChI is InChI=1S/C14H12ClFN4O/c1-21-11-4-7(6-17)2-3-10(11)20-14-9(19)5-8(18)12(15)13(14)16/h2-5,20H,18-19H2,1H3. The number of methoxy groups -OCH3 is 1. The first-order valence-electron chi connectivity index (χ1n) is 5.86. The maximum atomic E-state index is 14.1. The Morgan fingerprint density at radius 2 is 2.00 bits per heavy atom. The lowest BCUT2D eigenvalue weighted by molar-refractivity contribution is 0.416. The molecule has 0 aliphatic heterocycles. The van der Waals surface area contributed by atoms with E-state index >= 15 is 0 Å². The molecule has 0 aliphatic carbocycles. The van der Waals surface area contributed by atoms with Crippen molar-refractivity contribution in [1.82, 2.24) is 0 Å². The van der Waals surface area contributed by atoms with Crippen LogP contribution in [0, 0.1) is 17.1 Å². The number of anilines is 4. The number of benzene rings is 2. The molecule has 5 N–H and O–H groups in total. The monoisotopic (exact) mass is 306 g/mol. The van der Waals surface area contributed by atoms with E-state index < -0.39 is 5.82 Å². The molecule has 0 amide bonds. The number of nitrogens with one attached hydrogen (secondary N) is 1. The second-order valence-electron chi connectivity index (χ2n) is 4.21. The Morgan fingerprint density at radius 1 is 1.29 bits per heavy atom. The Kier molecular flexibility index (Phi) is 4.05. The summed E-state index contributed by atoms with van der Waals surface area (Å²) < 4.78 is 19.3. The lowest BCUT2D eigenvalue weighted by atomic mass is 10.1. The van der Waals surface area contributed by atoms with Crippen molar-refractivity contribution in [2.75, 3.05) is 23.9 Å². The summed E-state index contributed by atoms with van der Waals surface area (Å²) in [6.45, 7) is 0. The lowest BCUT2D eigenvalue weighted by Gasteiger charge is -2.15. The van der Waals surface area contributed by atoms with Crippen molar-refractivity contribution in [3.8, 4) is 11.8 Å². The Morgan fingerprint density at radius 3 is 2.62 bits per heavy atom. The van der Waals surface area contributed by atoms with Crippen molar-refractivity contribution in [2.45, 2.75) is 0 Å². The first-order valence-corrected chi connectivity index (χ1v) is 6.23. The van der Waals surface area contributed by atoms with E-state index in [9.17, 15) is 4.39 Å². The van der Waals surface area contributed by atoms with Gasteiger partial charge in [0.05, 0.1) is 41.5 Å². The molecule has 0 aliphatic rings. The molecule has 21 heavy (non-hydrogen) atoms. The summed E-state index contributed by atoms with van der Waals surface area (Å²) in [7, 11) is 1.44. The van der Waals surface area contributed by atoms with Gasteiger partial charge in [-0.2, -0.15) is 5.26 Å². The molecule has 108 valence electrons. The van der Waals surface area contributed by atoms with Gasteiger partial charge in [0.25, 0.3) is 0 Å². The highest BCUT2D eigenvalue weighted by Crippen LogP contribution is 2.37. The van der Waals surface area contributed by atoms with Gasteiger partial charge in [0.1, 0.15) is 10.8 Å². The number of nitriles is 1. The van der Waals surface area contributed by atoms with Crippen LogP contribution in [0.1, 0.15) is 5.56 Å². The second-order valence-corrected chi connectivity index (χ2v) is 4.59. The van der Waals surface area contributed by atoms with Gasteiger partial charge in [-0.3, -0.25) is 0 Å². The van der Waals surface area contributed by atoms with Crippen LogP contribution in [0.2, 0.25) is 5.02 Å². The zero-order chi connectivity index (χ0) is 15.6. The van der Waals surface area contributed by atoms with E-state index in [1.54, 1.807) is 12.1 Å². The molecule has 0 aromatic heterocycles. The highest BCUT2D eigenvalue weighted by atomic mass is 35.5. The van der Waals surface area contributed by atoms with E-state index in [0.29, 0.717) is 17.0 Å². The predicted molar refractivity (Wildman–Crippen MR) is 81.2 cm³/mol. The molecule has 5 nitrogen and oxygen atoms in total. The molecule has 2 aromatic carbocycles. The summed E-state index contributed by atoms with van der Waals surface area (Å²) in [6.07, 6.45) is 0. The summed E-state index contributed by atoms with van der Waals surface area (Å²) >= 11 is 5.77. The summed E-state index contributed by atoms with van der Waals surface area (Å²) in [5.74, 6) is -0.374. The molecule has 0 radical (unpaired) electrons. The second kappa shape index (κ2) is 5.77. The average Bonchev–Trinajstić information content (AvgIpc) is 2.49. The fraction of sp³-hybridized carbons (Fsp3) is 0.0714. The van der Waals surface area contributed by atoms with E-state index in [0.717, 1.165) is 0 Å². The van der Waals surface area contributed by atoms with Crippen LogP contribution in [0.4, 0.5) is 27.1 Å². The molecule has 0 unspecified atom stereocenters. The van der Waals surface area contributed by atoms with Gasteiger partial charge in [-0.1, -0.05) is 11.6 Å². The Labute approximate surface area is 125 Å². The average molecular weight is 307 g/mol. The van der Waals surface area contributed by atoms with E-state index in [2.05, 4.69) is 5.32 Å². The molecule has 7 heteroatoms. The summed E-state index contributed by atoms with van der Waals surface area (Å²) in [5.41, 5.74) is 12.3. The molecule has 0 saturated heterocycles. The van der Waals surface area contributed by atoms with E-state index in [4.69, 9.17) is 33.1 Å². The molecule has 2 rings (SSSR count). The molecule has 0 saturated carbocycles. The van der Waals surface area contributed by atoms with Gasteiger partial charge in [0.2, 0.25) is 0 Å². The van der Waals surface area contributed by atoms with Crippen LogP contribution in [-0.4, -0.2) is 7.11 Å². The minimum Gasteiger partial charge on any atom is -0.495 e. The molecular formula is C14H12ClFN4O. The maximum absolute atomic E-state index is 14.1. The maximum Gasteiger partial charge on any atom is 0.169 e. The zero-order valence-corrected chi connectivity index (χ0v) is 11.8. The minimum absolute atomic E-state index is 0.00259. The van der Waals surface area contributed by atoms with E-state index in [-0.39, 0.29) is 22.1 Å². The van der Waals surface area contributed by atoms with Gasteiger partial charge in [0, 0.05) is 6.07 Å². The Balaban J connectivity index is 2.49. The highest BCUT2D eigenvalue weighted by molar-refractivity contribution is 6.33. The summed E-state index contributed by atoms with van der Waals surface area (Å²) in [6, 6.07) is 8.03. The SMILES string of the molecule is COc1cc(C#N)ccc1Nc1c(N)cc(N)c(Cl)c1F. The molecule has 0 heterocycles. The fourth-order valence-electron chi connectivity index (χ4n) is 1.79. The number of nitrogens with two attached hydrogens (primary N) is 2. The van der Waals surface area contributed by atoms with E-state index in [1.165, 1.54) is 19.2 Å². The van der Waals surface area contributed by atoms with Crippen LogP contribution < -0.4 is 21.5 Å². The topological polar surface area (TPSA) is 97.1 Å². The number of hydrogen-bond donors (Lipinski definition) is 3. The van der Waals surface area contributed by atoms with Crippen molar-refractivity contribution in [3.63, 3.8) is 0 Å². The quantitative estimate of drug-likeness (QED) is 0.756. The van der Waals surface area contributed by atoms with Crippen molar-refractivity contribution in [1.29, 1.82) is 5.26 Å². The van der Waals surface area contributed by atoms with Crippen LogP contribution in [0.25, 0.3) is 0 Å². The Bertz CT molecular complexity index is 743. The molecule has 2 aromatic rings. The molecule has 0 fully saturated rings. The van der Waals surface area contributed by atoms with Gasteiger partial charge in [-0.05, 0) is 18.2 Å². The van der Waals surface area contributed by atoms with Gasteiger partial charge >= 0.3 is 0 Å². The molecule has 0 atom stereocenters. The molecule has 0 spiro atoms. The van der Waals surface area contributed by atoms with Gasteiger partial charge in [-0.25, -0.2) is 4.39 Å². The third-order valence-electron chi connectivity index (χ3n) is 2.86. The van der Waals surface area contributed by atoms with Crippen molar-refractivity contribution < 1.29 is 9.13 Å². The van der Waals surface area contributed by atoms with Crippen molar-refractivity contribution >= 4 is 34.4 Å². The summed E-state index contributed by atoms with van der Waals surface area (Å²) in [5, 5.41) is 11.5. The molecule has 0 bridgehead atoms. The van der Waals surface area contributed by atoms with Crippen LogP contribution >= 0.6 is 11.6 Å². The number of nitrogen functional groups attached to an aromatic ring is 2. The number of hydrogen-bond acceptors (Lipinski definition) is 5. The van der Waals surface area contributed by atoms with Gasteiger partial charge < -0.3 is 21.5 Å². The highest BCUT2D eigenvalue weighted by Gasteiger charge is 2.16. The predicted octanol–water partition coefficient (Wildman–Crippen LogP) is 3.27. The third-order valence-corrected chi connectivity index (χ3v) is 3.24. The number of ether oxygens (including phenoxy) is 1. The number of halogens is 2.